The van der Waals surface area contributed by atoms with Crippen LogP contribution in [0.3, 0.4) is 0 Å². The number of esters is 1. The van der Waals surface area contributed by atoms with Crippen LogP contribution < -0.4 is 0 Å². The van der Waals surface area contributed by atoms with E-state index in [0.717, 1.165) is 38.5 Å². The van der Waals surface area contributed by atoms with E-state index in [0.29, 0.717) is 13.0 Å². The SMILES string of the molecule is CCCCC/C=C\C/C=C\CCCCCCCCOCC(CO)OC(=O)CCCCCCCCCCC/C=C\C/C=C\CCCCCCC. The summed E-state index contributed by atoms with van der Waals surface area (Å²) >= 11 is 0. The predicted molar refractivity (Wildman–Crippen MR) is 214 cm³/mol. The minimum Gasteiger partial charge on any atom is -0.457 e. The maximum atomic E-state index is 12.2. The Balaban J connectivity index is 3.46. The van der Waals surface area contributed by atoms with Crippen molar-refractivity contribution in [3.8, 4) is 0 Å². The molecular weight excluding hydrogens is 604 g/mol. The van der Waals surface area contributed by atoms with E-state index in [-0.39, 0.29) is 19.2 Å². The van der Waals surface area contributed by atoms with Crippen LogP contribution in [0, 0.1) is 0 Å². The molecule has 1 N–H and O–H groups in total. The maximum Gasteiger partial charge on any atom is 0.306 e. The van der Waals surface area contributed by atoms with Crippen molar-refractivity contribution >= 4 is 5.97 Å². The Morgan fingerprint density at radius 3 is 1.31 bits per heavy atom. The Morgan fingerprint density at radius 2 is 0.857 bits per heavy atom. The molecule has 0 saturated carbocycles. The van der Waals surface area contributed by atoms with Gasteiger partial charge in [0.2, 0.25) is 0 Å². The van der Waals surface area contributed by atoms with Crippen molar-refractivity contribution in [2.24, 2.45) is 0 Å². The molecule has 0 bridgehead atoms. The molecule has 0 aromatic carbocycles. The topological polar surface area (TPSA) is 55.8 Å². The summed E-state index contributed by atoms with van der Waals surface area (Å²) in [6, 6.07) is 0. The van der Waals surface area contributed by atoms with E-state index in [1.807, 2.05) is 0 Å². The third-order valence-electron chi connectivity index (χ3n) is 9.13. The third-order valence-corrected chi connectivity index (χ3v) is 9.13. The van der Waals surface area contributed by atoms with Crippen LogP contribution in [0.15, 0.2) is 48.6 Å². The van der Waals surface area contributed by atoms with Gasteiger partial charge in [-0.3, -0.25) is 4.79 Å². The molecule has 0 aliphatic carbocycles. The molecule has 0 aliphatic rings. The van der Waals surface area contributed by atoms with Crippen molar-refractivity contribution < 1.29 is 19.4 Å². The zero-order chi connectivity index (χ0) is 35.6. The summed E-state index contributed by atoms with van der Waals surface area (Å²) in [5.74, 6) is -0.209. The fourth-order valence-corrected chi connectivity index (χ4v) is 5.92. The monoisotopic (exact) mass is 687 g/mol. The van der Waals surface area contributed by atoms with Gasteiger partial charge in [-0.15, -0.1) is 0 Å². The van der Waals surface area contributed by atoms with Crippen molar-refractivity contribution in [1.29, 1.82) is 0 Å². The molecule has 0 aliphatic heterocycles. The van der Waals surface area contributed by atoms with Crippen LogP contribution in [-0.4, -0.2) is 37.0 Å². The standard InChI is InChI=1S/C45H82O4/c1-3-5-7-9-11-13-15-17-19-21-22-23-24-25-26-28-30-32-34-36-38-40-45(47)49-44(42-46)43-48-41-39-37-35-33-31-29-27-20-18-16-14-12-10-8-6-4-2/h12,14-15,17-18,20-22,44,46H,3-11,13,16,19,23-43H2,1-2H3/b14-12-,17-15-,20-18-,22-21-. The summed E-state index contributed by atoms with van der Waals surface area (Å²) in [6.07, 6.45) is 54.5. The molecule has 0 spiro atoms. The molecule has 0 amide bonds. The first-order valence-corrected chi connectivity index (χ1v) is 21.2. The van der Waals surface area contributed by atoms with Gasteiger partial charge in [-0.05, 0) is 77.0 Å². The first-order valence-electron chi connectivity index (χ1n) is 21.2. The van der Waals surface area contributed by atoms with Crippen molar-refractivity contribution in [3.63, 3.8) is 0 Å². The van der Waals surface area contributed by atoms with Gasteiger partial charge in [0, 0.05) is 13.0 Å². The lowest BCUT2D eigenvalue weighted by atomic mass is 10.1. The van der Waals surface area contributed by atoms with Gasteiger partial charge < -0.3 is 14.6 Å². The Morgan fingerprint density at radius 1 is 0.490 bits per heavy atom. The van der Waals surface area contributed by atoms with E-state index >= 15 is 0 Å². The normalized spacial score (nSPS) is 12.8. The zero-order valence-electron chi connectivity index (χ0n) is 32.7. The van der Waals surface area contributed by atoms with Gasteiger partial charge in [0.05, 0.1) is 13.2 Å². The minimum atomic E-state index is -0.542. The van der Waals surface area contributed by atoms with Gasteiger partial charge in [-0.25, -0.2) is 0 Å². The molecule has 49 heavy (non-hydrogen) atoms. The van der Waals surface area contributed by atoms with Crippen molar-refractivity contribution in [2.75, 3.05) is 19.8 Å². The molecule has 0 aromatic heterocycles. The maximum absolute atomic E-state index is 12.2. The smallest absolute Gasteiger partial charge is 0.306 e. The van der Waals surface area contributed by atoms with E-state index in [2.05, 4.69) is 62.5 Å². The van der Waals surface area contributed by atoms with Crippen LogP contribution >= 0.6 is 0 Å². The second-order valence-corrected chi connectivity index (χ2v) is 14.1. The highest BCUT2D eigenvalue weighted by Crippen LogP contribution is 2.13. The van der Waals surface area contributed by atoms with Gasteiger partial charge in [0.25, 0.3) is 0 Å². The summed E-state index contributed by atoms with van der Waals surface area (Å²) in [6.45, 7) is 5.29. The summed E-state index contributed by atoms with van der Waals surface area (Å²) in [4.78, 5) is 12.2. The second kappa shape index (κ2) is 42.5. The fourth-order valence-electron chi connectivity index (χ4n) is 5.92. The van der Waals surface area contributed by atoms with E-state index < -0.39 is 6.10 Å². The fraction of sp³-hybridized carbons (Fsp3) is 0.800. The lowest BCUT2D eigenvalue weighted by Crippen LogP contribution is -2.27. The van der Waals surface area contributed by atoms with Crippen LogP contribution in [0.1, 0.15) is 206 Å². The number of carbonyl (C=O) groups is 1. The highest BCUT2D eigenvalue weighted by molar-refractivity contribution is 5.69. The number of rotatable bonds is 39. The molecular formula is C45H82O4. The summed E-state index contributed by atoms with van der Waals surface area (Å²) in [5, 5.41) is 9.59. The minimum absolute atomic E-state index is 0.178. The number of aliphatic hydroxyl groups is 1. The first-order chi connectivity index (χ1) is 24.2. The van der Waals surface area contributed by atoms with Crippen LogP contribution in [0.4, 0.5) is 0 Å². The lowest BCUT2D eigenvalue weighted by molar-refractivity contribution is -0.154. The first kappa shape index (κ1) is 47.4. The predicted octanol–water partition coefficient (Wildman–Crippen LogP) is 13.9. The number of hydrogen-bond acceptors (Lipinski definition) is 4. The lowest BCUT2D eigenvalue weighted by Gasteiger charge is -2.15. The van der Waals surface area contributed by atoms with Gasteiger partial charge in [0.1, 0.15) is 6.10 Å². The van der Waals surface area contributed by atoms with Gasteiger partial charge >= 0.3 is 5.97 Å². The molecule has 286 valence electrons. The number of allylic oxidation sites excluding steroid dienone is 8. The quantitative estimate of drug-likeness (QED) is 0.0397. The third kappa shape index (κ3) is 40.7. The van der Waals surface area contributed by atoms with Gasteiger partial charge in [0.15, 0.2) is 0 Å². The van der Waals surface area contributed by atoms with Gasteiger partial charge in [-0.2, -0.15) is 0 Å². The average Bonchev–Trinajstić information content (AvgIpc) is 3.11. The van der Waals surface area contributed by atoms with E-state index in [4.69, 9.17) is 9.47 Å². The zero-order valence-corrected chi connectivity index (χ0v) is 32.7. The Kier molecular flexibility index (Phi) is 41.1. The number of carbonyl (C=O) groups excluding carboxylic acids is 1. The molecule has 1 atom stereocenters. The molecule has 0 radical (unpaired) electrons. The highest BCUT2D eigenvalue weighted by Gasteiger charge is 2.13. The Bertz CT molecular complexity index is 768. The Hall–Kier alpha value is -1.65. The molecule has 0 aromatic rings. The number of unbranched alkanes of at least 4 members (excludes halogenated alkanes) is 23. The van der Waals surface area contributed by atoms with Crippen molar-refractivity contribution in [1.82, 2.24) is 0 Å². The van der Waals surface area contributed by atoms with Crippen molar-refractivity contribution in [2.45, 2.75) is 213 Å². The number of ether oxygens (including phenoxy) is 2. The molecule has 0 rings (SSSR count). The molecule has 4 nitrogen and oxygen atoms in total. The molecule has 0 fully saturated rings. The van der Waals surface area contributed by atoms with Gasteiger partial charge in [-0.1, -0.05) is 172 Å². The van der Waals surface area contributed by atoms with Crippen molar-refractivity contribution in [3.05, 3.63) is 48.6 Å². The van der Waals surface area contributed by atoms with E-state index in [1.54, 1.807) is 0 Å². The van der Waals surface area contributed by atoms with Crippen LogP contribution in [0.2, 0.25) is 0 Å². The average molecular weight is 687 g/mol. The number of hydrogen-bond donors (Lipinski definition) is 1. The Labute approximate surface area is 305 Å². The molecule has 0 saturated heterocycles. The van der Waals surface area contributed by atoms with E-state index in [9.17, 15) is 9.90 Å². The molecule has 4 heteroatoms. The van der Waals surface area contributed by atoms with Crippen LogP contribution in [0.5, 0.6) is 0 Å². The number of aliphatic hydroxyl groups excluding tert-OH is 1. The van der Waals surface area contributed by atoms with E-state index in [1.165, 1.54) is 148 Å². The van der Waals surface area contributed by atoms with Crippen LogP contribution in [0.25, 0.3) is 0 Å². The molecule has 1 unspecified atom stereocenters. The summed E-state index contributed by atoms with van der Waals surface area (Å²) in [5.41, 5.74) is 0. The highest BCUT2D eigenvalue weighted by atomic mass is 16.6. The van der Waals surface area contributed by atoms with Crippen LogP contribution in [-0.2, 0) is 14.3 Å². The summed E-state index contributed by atoms with van der Waals surface area (Å²) in [7, 11) is 0. The largest absolute Gasteiger partial charge is 0.457 e. The molecule has 0 heterocycles. The second-order valence-electron chi connectivity index (χ2n) is 14.1. The summed E-state index contributed by atoms with van der Waals surface area (Å²) < 4.78 is 11.1.